The Hall–Kier alpha value is -1.43. The van der Waals surface area contributed by atoms with E-state index in [0.717, 1.165) is 5.01 Å². The van der Waals surface area contributed by atoms with Gasteiger partial charge in [0.25, 0.3) is 0 Å². The molecule has 6 heteroatoms. The van der Waals surface area contributed by atoms with Gasteiger partial charge in [0, 0.05) is 10.8 Å². The van der Waals surface area contributed by atoms with E-state index in [2.05, 4.69) is 10.3 Å². The van der Waals surface area contributed by atoms with Gasteiger partial charge >= 0.3 is 5.97 Å². The second kappa shape index (κ2) is 5.27. The molecular weight excluding hydrogens is 240 g/mol. The number of hydrogen-bond acceptors (Lipinski definition) is 4. The molecule has 1 rings (SSSR count). The molecule has 0 saturated heterocycles. The maximum absolute atomic E-state index is 10.7. The number of aliphatic carboxylic acids is 1. The first-order valence-corrected chi connectivity index (χ1v) is 6.10. The average molecular weight is 256 g/mol. The number of hydrogen-bond donors (Lipinski definition) is 2. The minimum atomic E-state index is -0.963. The van der Waals surface area contributed by atoms with Gasteiger partial charge in [-0.3, -0.25) is 9.59 Å². The first-order valence-electron chi connectivity index (χ1n) is 5.22. The lowest BCUT2D eigenvalue weighted by Crippen LogP contribution is -2.23. The molecule has 0 radical (unpaired) electrons. The molecule has 0 bridgehead atoms. The van der Waals surface area contributed by atoms with Gasteiger partial charge in [0.2, 0.25) is 6.41 Å². The van der Waals surface area contributed by atoms with Crippen LogP contribution in [0.2, 0.25) is 0 Å². The van der Waals surface area contributed by atoms with Gasteiger partial charge in [-0.15, -0.1) is 11.3 Å². The first kappa shape index (κ1) is 13.6. The van der Waals surface area contributed by atoms with Crippen molar-refractivity contribution in [3.63, 3.8) is 0 Å². The van der Waals surface area contributed by atoms with Gasteiger partial charge in [0.05, 0.1) is 23.2 Å². The lowest BCUT2D eigenvalue weighted by atomic mass is 9.98. The lowest BCUT2D eigenvalue weighted by Gasteiger charge is -2.15. The number of thiazole rings is 1. The molecule has 1 heterocycles. The van der Waals surface area contributed by atoms with Gasteiger partial charge in [0.15, 0.2) is 0 Å². The minimum Gasteiger partial charge on any atom is -0.481 e. The van der Waals surface area contributed by atoms with Gasteiger partial charge < -0.3 is 10.4 Å². The zero-order chi connectivity index (χ0) is 13.1. The Kier molecular flexibility index (Phi) is 4.22. The predicted molar refractivity (Wildman–Crippen MR) is 65.0 cm³/mol. The largest absolute Gasteiger partial charge is 0.481 e. The van der Waals surface area contributed by atoms with Crippen LogP contribution in [0.4, 0.5) is 0 Å². The molecule has 1 atom stereocenters. The van der Waals surface area contributed by atoms with E-state index < -0.39 is 12.0 Å². The van der Waals surface area contributed by atoms with E-state index in [0.29, 0.717) is 12.1 Å². The van der Waals surface area contributed by atoms with Crippen molar-refractivity contribution >= 4 is 23.7 Å². The highest BCUT2D eigenvalue weighted by Gasteiger charge is 2.22. The molecule has 0 unspecified atom stereocenters. The van der Waals surface area contributed by atoms with Crippen LogP contribution in [0.15, 0.2) is 5.38 Å². The smallest absolute Gasteiger partial charge is 0.305 e. The number of nitrogens with zero attached hydrogens (tertiary/aromatic N) is 1. The molecule has 5 nitrogen and oxygen atoms in total. The fourth-order valence-corrected chi connectivity index (χ4v) is 2.26. The molecule has 94 valence electrons. The maximum Gasteiger partial charge on any atom is 0.305 e. The summed E-state index contributed by atoms with van der Waals surface area (Å²) in [5.41, 5.74) is 0.534. The number of carbonyl (C=O) groups is 2. The number of nitrogens with one attached hydrogen (secondary N) is 1. The molecule has 1 aromatic rings. The van der Waals surface area contributed by atoms with E-state index in [9.17, 15) is 9.59 Å². The van der Waals surface area contributed by atoms with Crippen molar-refractivity contribution in [2.24, 2.45) is 0 Å². The highest BCUT2D eigenvalue weighted by atomic mass is 32.1. The van der Waals surface area contributed by atoms with Crippen LogP contribution in [-0.2, 0) is 15.0 Å². The van der Waals surface area contributed by atoms with Crippen LogP contribution in [0.5, 0.6) is 0 Å². The Balaban J connectivity index is 2.91. The number of rotatable bonds is 5. The van der Waals surface area contributed by atoms with Crippen molar-refractivity contribution in [3.8, 4) is 0 Å². The Morgan fingerprint density at radius 3 is 2.71 bits per heavy atom. The van der Waals surface area contributed by atoms with Crippen molar-refractivity contribution in [1.29, 1.82) is 0 Å². The molecule has 1 amide bonds. The Morgan fingerprint density at radius 1 is 1.65 bits per heavy atom. The maximum atomic E-state index is 10.7. The van der Waals surface area contributed by atoms with Gasteiger partial charge in [-0.1, -0.05) is 20.8 Å². The fourth-order valence-electron chi connectivity index (χ4n) is 1.30. The van der Waals surface area contributed by atoms with E-state index in [1.165, 1.54) is 11.3 Å². The van der Waals surface area contributed by atoms with E-state index in [-0.39, 0.29) is 11.8 Å². The van der Waals surface area contributed by atoms with Crippen LogP contribution in [-0.4, -0.2) is 22.5 Å². The number of carboxylic acids is 1. The van der Waals surface area contributed by atoms with Crippen molar-refractivity contribution in [2.45, 2.75) is 38.6 Å². The summed E-state index contributed by atoms with van der Waals surface area (Å²) in [4.78, 5) is 25.5. The highest BCUT2D eigenvalue weighted by molar-refractivity contribution is 7.09. The molecule has 0 saturated carbocycles. The molecule has 17 heavy (non-hydrogen) atoms. The van der Waals surface area contributed by atoms with Crippen LogP contribution >= 0.6 is 11.3 Å². The SMILES string of the molecule is CC(C)(C)c1nc([C@@H](CC(=O)O)NC=O)cs1. The molecular formula is C11H16N2O3S. The summed E-state index contributed by atoms with van der Waals surface area (Å²) < 4.78 is 0. The quantitative estimate of drug-likeness (QED) is 0.786. The van der Waals surface area contributed by atoms with Gasteiger partial charge in [-0.2, -0.15) is 0 Å². The van der Waals surface area contributed by atoms with Gasteiger partial charge in [0.1, 0.15) is 0 Å². The van der Waals surface area contributed by atoms with Crippen molar-refractivity contribution in [3.05, 3.63) is 16.1 Å². The van der Waals surface area contributed by atoms with E-state index >= 15 is 0 Å². The zero-order valence-electron chi connectivity index (χ0n) is 10.1. The molecule has 1 aromatic heterocycles. The second-order valence-electron chi connectivity index (χ2n) is 4.76. The van der Waals surface area contributed by atoms with Gasteiger partial charge in [-0.25, -0.2) is 4.98 Å². The number of carboxylic acid groups (broad SMARTS) is 1. The first-order chi connectivity index (χ1) is 7.84. The molecule has 0 spiro atoms. The lowest BCUT2D eigenvalue weighted by molar-refractivity contribution is -0.137. The average Bonchev–Trinajstić information content (AvgIpc) is 2.64. The molecule has 0 aliphatic rings. The molecule has 0 aromatic carbocycles. The Labute approximate surface area is 104 Å². The zero-order valence-corrected chi connectivity index (χ0v) is 10.9. The predicted octanol–water partition coefficient (Wildman–Crippen LogP) is 1.70. The summed E-state index contributed by atoms with van der Waals surface area (Å²) in [6, 6.07) is -0.558. The van der Waals surface area contributed by atoms with Crippen LogP contribution in [0.1, 0.15) is 43.9 Å². The normalized spacial score (nSPS) is 13.1. The monoisotopic (exact) mass is 256 g/mol. The molecule has 0 aliphatic heterocycles. The van der Waals surface area contributed by atoms with Crippen LogP contribution in [0, 0.1) is 0 Å². The van der Waals surface area contributed by atoms with Crippen LogP contribution in [0.3, 0.4) is 0 Å². The highest BCUT2D eigenvalue weighted by Crippen LogP contribution is 2.28. The number of carbonyl (C=O) groups excluding carboxylic acids is 1. The van der Waals surface area contributed by atoms with E-state index in [4.69, 9.17) is 5.11 Å². The number of amides is 1. The third kappa shape index (κ3) is 3.81. The number of aromatic nitrogens is 1. The van der Waals surface area contributed by atoms with E-state index in [1.807, 2.05) is 20.8 Å². The van der Waals surface area contributed by atoms with Crippen LogP contribution in [0.25, 0.3) is 0 Å². The summed E-state index contributed by atoms with van der Waals surface area (Å²) in [5, 5.41) is 14.0. The fraction of sp³-hybridized carbons (Fsp3) is 0.545. The summed E-state index contributed by atoms with van der Waals surface area (Å²) >= 11 is 1.48. The van der Waals surface area contributed by atoms with Crippen molar-refractivity contribution < 1.29 is 14.7 Å². The molecule has 0 fully saturated rings. The third-order valence-corrected chi connectivity index (χ3v) is 3.45. The molecule has 0 aliphatic carbocycles. The third-order valence-electron chi connectivity index (χ3n) is 2.17. The summed E-state index contributed by atoms with van der Waals surface area (Å²) in [6.45, 7) is 6.11. The van der Waals surface area contributed by atoms with Crippen LogP contribution < -0.4 is 5.32 Å². The standard InChI is InChI=1S/C11H16N2O3S/c1-11(2,3)10-13-8(5-17-10)7(12-6-14)4-9(15)16/h5-7H,4H2,1-3H3,(H,12,14)(H,15,16)/t7-/m1/s1. The second-order valence-corrected chi connectivity index (χ2v) is 5.62. The van der Waals surface area contributed by atoms with Gasteiger partial charge in [-0.05, 0) is 0 Å². The topological polar surface area (TPSA) is 79.3 Å². The summed E-state index contributed by atoms with van der Waals surface area (Å²) in [5.74, 6) is -0.963. The van der Waals surface area contributed by atoms with E-state index in [1.54, 1.807) is 5.38 Å². The summed E-state index contributed by atoms with van der Waals surface area (Å²) in [6.07, 6.45) is 0.343. The summed E-state index contributed by atoms with van der Waals surface area (Å²) in [7, 11) is 0. The molecule has 2 N–H and O–H groups in total. The van der Waals surface area contributed by atoms with Crippen molar-refractivity contribution in [2.75, 3.05) is 0 Å². The van der Waals surface area contributed by atoms with Crippen molar-refractivity contribution in [1.82, 2.24) is 10.3 Å². The minimum absolute atomic E-state index is 0.0716. The Bertz CT molecular complexity index is 409. The Morgan fingerprint density at radius 2 is 2.29 bits per heavy atom.